The quantitative estimate of drug-likeness (QED) is 0.792. The van der Waals surface area contributed by atoms with Gasteiger partial charge in [-0.05, 0) is 57.2 Å². The summed E-state index contributed by atoms with van der Waals surface area (Å²) in [6.07, 6.45) is 1.58. The predicted octanol–water partition coefficient (Wildman–Crippen LogP) is 3.48. The molecule has 0 atom stereocenters. The molecule has 5 nitrogen and oxygen atoms in total. The van der Waals surface area contributed by atoms with Gasteiger partial charge in [0, 0.05) is 19.5 Å². The Morgan fingerprint density at radius 2 is 2.00 bits per heavy atom. The van der Waals surface area contributed by atoms with Crippen LogP contribution < -0.4 is 0 Å². The van der Waals surface area contributed by atoms with Gasteiger partial charge in [0.05, 0.1) is 6.61 Å². The van der Waals surface area contributed by atoms with Crippen LogP contribution in [-0.4, -0.2) is 35.7 Å². The average Bonchev–Trinajstić information content (AvgIpc) is 2.51. The molecule has 2 rings (SSSR count). The second-order valence-corrected chi connectivity index (χ2v) is 7.01. The number of carbonyl (C=O) groups excluding carboxylic acids is 2. The Hall–Kier alpha value is -2.04. The average molecular weight is 333 g/mol. The smallest absolute Gasteiger partial charge is 0.410 e. The number of amides is 1. The van der Waals surface area contributed by atoms with Crippen molar-refractivity contribution in [3.05, 3.63) is 34.9 Å². The third-order valence-corrected chi connectivity index (χ3v) is 3.92. The van der Waals surface area contributed by atoms with Gasteiger partial charge in [0.2, 0.25) is 0 Å². The van der Waals surface area contributed by atoms with E-state index in [0.29, 0.717) is 32.5 Å². The maximum atomic E-state index is 12.2. The molecule has 1 aromatic rings. The largest absolute Gasteiger partial charge is 0.466 e. The standard InChI is InChI=1S/C19H27NO4/c1-5-23-17(21)10-9-14-7-6-8-15-13-20(12-11-16(14)15)18(22)24-19(2,3)4/h6-8H,5,9-13H2,1-4H3. The zero-order chi connectivity index (χ0) is 17.7. The number of ether oxygens (including phenoxy) is 2. The highest BCUT2D eigenvalue weighted by atomic mass is 16.6. The Morgan fingerprint density at radius 3 is 2.67 bits per heavy atom. The summed E-state index contributed by atoms with van der Waals surface area (Å²) in [6, 6.07) is 6.08. The molecule has 1 heterocycles. The van der Waals surface area contributed by atoms with Crippen molar-refractivity contribution in [1.82, 2.24) is 4.90 Å². The van der Waals surface area contributed by atoms with Gasteiger partial charge in [0.15, 0.2) is 0 Å². The van der Waals surface area contributed by atoms with E-state index in [9.17, 15) is 9.59 Å². The molecular weight excluding hydrogens is 306 g/mol. The van der Waals surface area contributed by atoms with Gasteiger partial charge in [0.25, 0.3) is 0 Å². The molecular formula is C19H27NO4. The molecule has 0 bridgehead atoms. The van der Waals surface area contributed by atoms with E-state index in [1.54, 1.807) is 4.90 Å². The number of nitrogens with zero attached hydrogens (tertiary/aromatic N) is 1. The number of benzene rings is 1. The van der Waals surface area contributed by atoms with Crippen LogP contribution in [0.4, 0.5) is 4.79 Å². The van der Waals surface area contributed by atoms with E-state index in [4.69, 9.17) is 9.47 Å². The van der Waals surface area contributed by atoms with E-state index in [1.165, 1.54) is 11.1 Å². The van der Waals surface area contributed by atoms with Crippen molar-refractivity contribution < 1.29 is 19.1 Å². The number of rotatable bonds is 4. The molecule has 0 aromatic heterocycles. The first-order valence-electron chi connectivity index (χ1n) is 8.53. The fourth-order valence-corrected chi connectivity index (χ4v) is 2.87. The van der Waals surface area contributed by atoms with E-state index < -0.39 is 5.60 Å². The van der Waals surface area contributed by atoms with Crippen LogP contribution in [0.15, 0.2) is 18.2 Å². The molecule has 0 aliphatic carbocycles. The summed E-state index contributed by atoms with van der Waals surface area (Å²) in [5, 5.41) is 0. The van der Waals surface area contributed by atoms with Crippen LogP contribution in [0.5, 0.6) is 0 Å². The summed E-state index contributed by atoms with van der Waals surface area (Å²) in [6.45, 7) is 9.03. The Kier molecular flexibility index (Phi) is 5.86. The maximum Gasteiger partial charge on any atom is 0.410 e. The SMILES string of the molecule is CCOC(=O)CCc1cccc2c1CCN(C(=O)OC(C)(C)C)C2. The number of carbonyl (C=O) groups is 2. The molecule has 1 aliphatic rings. The number of fused-ring (bicyclic) bond motifs is 1. The van der Waals surface area contributed by atoms with E-state index in [0.717, 1.165) is 12.0 Å². The van der Waals surface area contributed by atoms with Gasteiger partial charge in [0.1, 0.15) is 5.60 Å². The summed E-state index contributed by atoms with van der Waals surface area (Å²) in [4.78, 5) is 25.5. The van der Waals surface area contributed by atoms with Crippen LogP contribution in [0.1, 0.15) is 50.8 Å². The second-order valence-electron chi connectivity index (χ2n) is 7.01. The van der Waals surface area contributed by atoms with Gasteiger partial charge in [-0.3, -0.25) is 4.79 Å². The van der Waals surface area contributed by atoms with Crippen molar-refractivity contribution in [2.45, 2.75) is 59.1 Å². The molecule has 0 saturated heterocycles. The molecule has 1 aliphatic heterocycles. The van der Waals surface area contributed by atoms with Crippen molar-refractivity contribution in [3.63, 3.8) is 0 Å². The van der Waals surface area contributed by atoms with Crippen molar-refractivity contribution in [2.24, 2.45) is 0 Å². The molecule has 0 spiro atoms. The minimum absolute atomic E-state index is 0.165. The topological polar surface area (TPSA) is 55.8 Å². The number of hydrogen-bond donors (Lipinski definition) is 0. The van der Waals surface area contributed by atoms with Crippen LogP contribution >= 0.6 is 0 Å². The molecule has 132 valence electrons. The molecule has 0 N–H and O–H groups in total. The first-order chi connectivity index (χ1) is 11.3. The van der Waals surface area contributed by atoms with E-state index in [2.05, 4.69) is 6.07 Å². The van der Waals surface area contributed by atoms with E-state index >= 15 is 0 Å². The number of aryl methyl sites for hydroxylation is 1. The Bertz CT molecular complexity index is 604. The summed E-state index contributed by atoms with van der Waals surface area (Å²) in [7, 11) is 0. The lowest BCUT2D eigenvalue weighted by molar-refractivity contribution is -0.143. The fraction of sp³-hybridized carbons (Fsp3) is 0.579. The summed E-state index contributed by atoms with van der Waals surface area (Å²) < 4.78 is 10.4. The lowest BCUT2D eigenvalue weighted by atomic mass is 9.92. The lowest BCUT2D eigenvalue weighted by Crippen LogP contribution is -2.40. The van der Waals surface area contributed by atoms with Crippen LogP contribution in [0.3, 0.4) is 0 Å². The number of esters is 1. The molecule has 0 unspecified atom stereocenters. The predicted molar refractivity (Wildman–Crippen MR) is 91.7 cm³/mol. The van der Waals surface area contributed by atoms with Gasteiger partial charge in [-0.1, -0.05) is 18.2 Å². The van der Waals surface area contributed by atoms with Gasteiger partial charge < -0.3 is 14.4 Å². The van der Waals surface area contributed by atoms with Crippen molar-refractivity contribution >= 4 is 12.1 Å². The normalized spacial score (nSPS) is 14.1. The molecule has 0 radical (unpaired) electrons. The number of hydrogen-bond acceptors (Lipinski definition) is 4. The van der Waals surface area contributed by atoms with Gasteiger partial charge in [-0.2, -0.15) is 0 Å². The summed E-state index contributed by atoms with van der Waals surface area (Å²) >= 11 is 0. The molecule has 1 amide bonds. The minimum atomic E-state index is -0.487. The molecule has 0 fully saturated rings. The summed E-state index contributed by atoms with van der Waals surface area (Å²) in [5.74, 6) is -0.165. The van der Waals surface area contributed by atoms with Crippen molar-refractivity contribution in [1.29, 1.82) is 0 Å². The maximum absolute atomic E-state index is 12.2. The first-order valence-corrected chi connectivity index (χ1v) is 8.53. The zero-order valence-corrected chi connectivity index (χ0v) is 15.1. The Balaban J connectivity index is 2.04. The highest BCUT2D eigenvalue weighted by molar-refractivity contribution is 5.70. The summed E-state index contributed by atoms with van der Waals surface area (Å²) in [5.41, 5.74) is 3.07. The third-order valence-electron chi connectivity index (χ3n) is 3.92. The monoisotopic (exact) mass is 333 g/mol. The molecule has 0 saturated carbocycles. The second kappa shape index (κ2) is 7.69. The van der Waals surface area contributed by atoms with Gasteiger partial charge >= 0.3 is 12.1 Å². The highest BCUT2D eigenvalue weighted by Gasteiger charge is 2.26. The Morgan fingerprint density at radius 1 is 1.25 bits per heavy atom. The fourth-order valence-electron chi connectivity index (χ4n) is 2.87. The molecule has 5 heteroatoms. The van der Waals surface area contributed by atoms with Gasteiger partial charge in [-0.25, -0.2) is 4.79 Å². The van der Waals surface area contributed by atoms with Crippen molar-refractivity contribution in [2.75, 3.05) is 13.2 Å². The van der Waals surface area contributed by atoms with Crippen LogP contribution in [0.25, 0.3) is 0 Å². The zero-order valence-electron chi connectivity index (χ0n) is 15.1. The van der Waals surface area contributed by atoms with Gasteiger partial charge in [-0.15, -0.1) is 0 Å². The minimum Gasteiger partial charge on any atom is -0.466 e. The molecule has 1 aromatic carbocycles. The Labute approximate surface area is 143 Å². The highest BCUT2D eigenvalue weighted by Crippen LogP contribution is 2.25. The van der Waals surface area contributed by atoms with Crippen LogP contribution in [0.2, 0.25) is 0 Å². The van der Waals surface area contributed by atoms with Crippen LogP contribution in [-0.2, 0) is 33.7 Å². The van der Waals surface area contributed by atoms with Crippen LogP contribution in [0, 0.1) is 0 Å². The van der Waals surface area contributed by atoms with Crippen molar-refractivity contribution in [3.8, 4) is 0 Å². The molecule has 24 heavy (non-hydrogen) atoms. The lowest BCUT2D eigenvalue weighted by Gasteiger charge is -2.32. The third kappa shape index (κ3) is 4.98. The first kappa shape index (κ1) is 18.3. The van der Waals surface area contributed by atoms with E-state index in [-0.39, 0.29) is 12.1 Å². The van der Waals surface area contributed by atoms with E-state index in [1.807, 2.05) is 39.8 Å².